The molecular formula is C19H12ClN5OS. The summed E-state index contributed by atoms with van der Waals surface area (Å²) in [6, 6.07) is 17.3. The summed E-state index contributed by atoms with van der Waals surface area (Å²) in [6.45, 7) is 0. The van der Waals surface area contributed by atoms with E-state index in [1.807, 2.05) is 54.6 Å². The van der Waals surface area contributed by atoms with Crippen LogP contribution in [-0.2, 0) is 0 Å². The van der Waals surface area contributed by atoms with Gasteiger partial charge in [0.2, 0.25) is 4.96 Å². The van der Waals surface area contributed by atoms with Crippen LogP contribution in [0.25, 0.3) is 38.0 Å². The van der Waals surface area contributed by atoms with Crippen LogP contribution in [0.15, 0.2) is 54.6 Å². The molecule has 3 aromatic heterocycles. The second-order valence-electron chi connectivity index (χ2n) is 5.86. The fraction of sp³-hybridized carbons (Fsp3) is 0.0526. The molecule has 0 aliphatic heterocycles. The summed E-state index contributed by atoms with van der Waals surface area (Å²) < 4.78 is 7.16. The van der Waals surface area contributed by atoms with Crippen LogP contribution in [0, 0.1) is 0 Å². The number of nitrogens with zero attached hydrogens (tertiary/aromatic N) is 5. The van der Waals surface area contributed by atoms with Crippen molar-refractivity contribution < 1.29 is 4.74 Å². The number of pyridine rings is 1. The largest absolute Gasteiger partial charge is 0.494 e. The van der Waals surface area contributed by atoms with Gasteiger partial charge in [-0.3, -0.25) is 0 Å². The van der Waals surface area contributed by atoms with E-state index in [9.17, 15) is 0 Å². The minimum atomic E-state index is 0.669. The molecular weight excluding hydrogens is 382 g/mol. The summed E-state index contributed by atoms with van der Waals surface area (Å²) in [5.41, 5.74) is 2.47. The molecule has 132 valence electrons. The number of hydrogen-bond acceptors (Lipinski definition) is 6. The van der Waals surface area contributed by atoms with Gasteiger partial charge in [0.1, 0.15) is 17.0 Å². The third-order valence-corrected chi connectivity index (χ3v) is 5.39. The zero-order chi connectivity index (χ0) is 18.4. The average Bonchev–Trinajstić information content (AvgIpc) is 3.29. The van der Waals surface area contributed by atoms with Crippen LogP contribution in [0.5, 0.6) is 5.75 Å². The minimum Gasteiger partial charge on any atom is -0.494 e. The Bertz CT molecular complexity index is 1280. The van der Waals surface area contributed by atoms with Gasteiger partial charge in [-0.25, -0.2) is 4.98 Å². The molecule has 0 saturated heterocycles. The van der Waals surface area contributed by atoms with Crippen LogP contribution in [0.1, 0.15) is 0 Å². The van der Waals surface area contributed by atoms with Crippen molar-refractivity contribution in [2.24, 2.45) is 0 Å². The maximum atomic E-state index is 5.97. The molecule has 0 amide bonds. The van der Waals surface area contributed by atoms with E-state index in [0.29, 0.717) is 15.8 Å². The van der Waals surface area contributed by atoms with E-state index >= 15 is 0 Å². The molecule has 0 saturated carbocycles. The number of para-hydroxylation sites is 1. The summed E-state index contributed by atoms with van der Waals surface area (Å²) in [5, 5.41) is 15.6. The first-order valence-electron chi connectivity index (χ1n) is 8.15. The number of rotatable bonds is 3. The zero-order valence-corrected chi connectivity index (χ0v) is 15.7. The maximum absolute atomic E-state index is 5.97. The Labute approximate surface area is 163 Å². The molecule has 27 heavy (non-hydrogen) atoms. The lowest BCUT2D eigenvalue weighted by atomic mass is 10.2. The monoisotopic (exact) mass is 393 g/mol. The fourth-order valence-electron chi connectivity index (χ4n) is 2.90. The van der Waals surface area contributed by atoms with Crippen molar-refractivity contribution in [2.75, 3.05) is 7.11 Å². The van der Waals surface area contributed by atoms with Gasteiger partial charge in [-0.1, -0.05) is 41.1 Å². The van der Waals surface area contributed by atoms with E-state index in [2.05, 4.69) is 15.3 Å². The third-order valence-electron chi connectivity index (χ3n) is 4.22. The molecule has 0 fully saturated rings. The van der Waals surface area contributed by atoms with Crippen molar-refractivity contribution in [3.63, 3.8) is 0 Å². The lowest BCUT2D eigenvalue weighted by Crippen LogP contribution is -1.93. The molecule has 2 aromatic carbocycles. The first-order valence-corrected chi connectivity index (χ1v) is 9.35. The van der Waals surface area contributed by atoms with Crippen LogP contribution in [-0.4, -0.2) is 31.9 Å². The molecule has 8 heteroatoms. The highest BCUT2D eigenvalue weighted by Gasteiger charge is 2.16. The highest BCUT2D eigenvalue weighted by Crippen LogP contribution is 2.30. The quantitative estimate of drug-likeness (QED) is 0.443. The smallest absolute Gasteiger partial charge is 0.235 e. The van der Waals surface area contributed by atoms with Gasteiger partial charge in [0.05, 0.1) is 7.11 Å². The molecule has 5 rings (SSSR count). The molecule has 0 bridgehead atoms. The molecule has 0 N–H and O–H groups in total. The van der Waals surface area contributed by atoms with Gasteiger partial charge < -0.3 is 4.74 Å². The van der Waals surface area contributed by atoms with Gasteiger partial charge in [0.25, 0.3) is 0 Å². The van der Waals surface area contributed by atoms with E-state index in [-0.39, 0.29) is 0 Å². The number of benzene rings is 2. The third kappa shape index (κ3) is 2.72. The lowest BCUT2D eigenvalue weighted by molar-refractivity contribution is 0.419. The van der Waals surface area contributed by atoms with Crippen LogP contribution >= 0.6 is 22.9 Å². The van der Waals surface area contributed by atoms with Crippen molar-refractivity contribution in [3.8, 4) is 27.8 Å². The molecule has 0 unspecified atom stereocenters. The van der Waals surface area contributed by atoms with Gasteiger partial charge in [0, 0.05) is 16.0 Å². The number of halogens is 1. The van der Waals surface area contributed by atoms with E-state index in [1.54, 1.807) is 11.6 Å². The highest BCUT2D eigenvalue weighted by atomic mass is 35.5. The highest BCUT2D eigenvalue weighted by molar-refractivity contribution is 7.19. The van der Waals surface area contributed by atoms with Crippen molar-refractivity contribution in [1.29, 1.82) is 0 Å². The minimum absolute atomic E-state index is 0.669. The molecule has 3 heterocycles. The summed E-state index contributed by atoms with van der Waals surface area (Å²) in [7, 11) is 1.64. The second kappa shape index (κ2) is 6.29. The van der Waals surface area contributed by atoms with Gasteiger partial charge in [-0.2, -0.15) is 9.61 Å². The van der Waals surface area contributed by atoms with Crippen molar-refractivity contribution >= 4 is 38.8 Å². The predicted molar refractivity (Wildman–Crippen MR) is 106 cm³/mol. The molecule has 0 aliphatic carbocycles. The van der Waals surface area contributed by atoms with Crippen LogP contribution in [0.2, 0.25) is 5.02 Å². The Kier molecular flexibility index (Phi) is 3.77. The van der Waals surface area contributed by atoms with Gasteiger partial charge in [-0.15, -0.1) is 10.2 Å². The number of ether oxygens (including phenoxy) is 1. The number of methoxy groups -OCH3 is 1. The van der Waals surface area contributed by atoms with Crippen LogP contribution < -0.4 is 4.74 Å². The average molecular weight is 394 g/mol. The van der Waals surface area contributed by atoms with E-state index in [4.69, 9.17) is 21.3 Å². The Morgan fingerprint density at radius 1 is 1.00 bits per heavy atom. The van der Waals surface area contributed by atoms with Gasteiger partial charge in [0.15, 0.2) is 10.8 Å². The predicted octanol–water partition coefficient (Wildman–Crippen LogP) is 4.73. The Morgan fingerprint density at radius 2 is 1.85 bits per heavy atom. The Hall–Kier alpha value is -3.03. The standard InChI is InChI=1S/C19H12ClN5OS/c1-26-15-4-2-3-11-7-10-14(21-16(11)15)18-24-25-17(22-23-19(25)27-18)12-5-8-13(20)9-6-12/h2-10H,1H3. The van der Waals surface area contributed by atoms with E-state index in [0.717, 1.165) is 32.9 Å². The summed E-state index contributed by atoms with van der Waals surface area (Å²) in [4.78, 5) is 5.45. The normalized spacial score (nSPS) is 11.3. The van der Waals surface area contributed by atoms with E-state index < -0.39 is 0 Å². The molecule has 5 aromatic rings. The Morgan fingerprint density at radius 3 is 2.67 bits per heavy atom. The number of hydrogen-bond donors (Lipinski definition) is 0. The SMILES string of the molecule is COc1cccc2ccc(-c3nn4c(-c5ccc(Cl)cc5)nnc4s3)nc12. The summed E-state index contributed by atoms with van der Waals surface area (Å²) >= 11 is 7.41. The first kappa shape index (κ1) is 16.2. The molecule has 0 atom stereocenters. The summed E-state index contributed by atoms with van der Waals surface area (Å²) in [6.07, 6.45) is 0. The van der Waals surface area contributed by atoms with Gasteiger partial charge in [-0.05, 0) is 36.4 Å². The lowest BCUT2D eigenvalue weighted by Gasteiger charge is -2.05. The van der Waals surface area contributed by atoms with Crippen LogP contribution in [0.4, 0.5) is 0 Å². The van der Waals surface area contributed by atoms with E-state index in [1.165, 1.54) is 11.3 Å². The second-order valence-corrected chi connectivity index (χ2v) is 7.25. The molecule has 6 nitrogen and oxygen atoms in total. The van der Waals surface area contributed by atoms with Gasteiger partial charge >= 0.3 is 0 Å². The topological polar surface area (TPSA) is 65.2 Å². The van der Waals surface area contributed by atoms with Crippen molar-refractivity contribution in [3.05, 3.63) is 59.6 Å². The van der Waals surface area contributed by atoms with Crippen LogP contribution in [0.3, 0.4) is 0 Å². The molecule has 0 aliphatic rings. The molecule has 0 spiro atoms. The first-order chi connectivity index (χ1) is 13.2. The molecule has 0 radical (unpaired) electrons. The Balaban J connectivity index is 1.64. The zero-order valence-electron chi connectivity index (χ0n) is 14.1. The number of fused-ring (bicyclic) bond motifs is 2. The fourth-order valence-corrected chi connectivity index (χ4v) is 3.84. The number of aromatic nitrogens is 5. The maximum Gasteiger partial charge on any atom is 0.235 e. The van der Waals surface area contributed by atoms with Crippen molar-refractivity contribution in [1.82, 2.24) is 24.8 Å². The van der Waals surface area contributed by atoms with Crippen molar-refractivity contribution in [2.45, 2.75) is 0 Å². The summed E-state index contributed by atoms with van der Waals surface area (Å²) in [5.74, 6) is 1.40.